The minimum Gasteiger partial charge on any atom is -0.477 e. The number of anilines is 3. The van der Waals surface area contributed by atoms with E-state index in [4.69, 9.17) is 22.3 Å². The average Bonchev–Trinajstić information content (AvgIpc) is 2.26. The highest BCUT2D eigenvalue weighted by Crippen LogP contribution is 1.97. The number of nitrogens with zero attached hydrogens (tertiary/aromatic N) is 3. The maximum atomic E-state index is 10.5. The Morgan fingerprint density at radius 3 is 1.76 bits per heavy atom. The van der Waals surface area contributed by atoms with E-state index in [1.165, 1.54) is 0 Å². The predicted octanol–water partition coefficient (Wildman–Crippen LogP) is -3.45. The van der Waals surface area contributed by atoms with Gasteiger partial charge in [-0.05, 0) is 0 Å². The molecule has 0 bridgehead atoms. The molecule has 0 saturated carbocycles. The van der Waals surface area contributed by atoms with Gasteiger partial charge in [-0.25, -0.2) is 9.59 Å². The zero-order valence-corrected chi connectivity index (χ0v) is 10.3. The van der Waals surface area contributed by atoms with E-state index in [-0.39, 0.29) is 23.3 Å². The van der Waals surface area contributed by atoms with E-state index in [2.05, 4.69) is 15.0 Å². The lowest BCUT2D eigenvalue weighted by Gasteiger charge is -1.93. The number of H-pyrrole nitrogens is 2. The Balaban J connectivity index is 0.000000370. The molecular formula is C8H12N8O5. The molecule has 2 aromatic rings. The summed E-state index contributed by atoms with van der Waals surface area (Å²) < 4.78 is 0. The SMILES string of the molecule is Nc1nc(N)nc(N)n1.O.O=C(O)c1cc(=O)[nH]c(=O)[nH]1. The predicted molar refractivity (Wildman–Crippen MR) is 71.3 cm³/mol. The minimum absolute atomic E-state index is 0. The average molecular weight is 300 g/mol. The van der Waals surface area contributed by atoms with Gasteiger partial charge in [0.25, 0.3) is 5.56 Å². The Morgan fingerprint density at radius 1 is 1.00 bits per heavy atom. The molecule has 0 spiro atoms. The van der Waals surface area contributed by atoms with Crippen molar-refractivity contribution in [2.75, 3.05) is 17.2 Å². The van der Waals surface area contributed by atoms with Crippen LogP contribution in [0.5, 0.6) is 0 Å². The first kappa shape index (κ1) is 17.5. The van der Waals surface area contributed by atoms with Gasteiger partial charge in [0.05, 0.1) is 0 Å². The van der Waals surface area contributed by atoms with E-state index in [9.17, 15) is 14.4 Å². The molecule has 0 saturated heterocycles. The molecule has 2 rings (SSSR count). The van der Waals surface area contributed by atoms with Gasteiger partial charge in [-0.1, -0.05) is 0 Å². The first-order valence-electron chi connectivity index (χ1n) is 4.87. The van der Waals surface area contributed by atoms with E-state index in [0.29, 0.717) is 0 Å². The van der Waals surface area contributed by atoms with Crippen LogP contribution in [-0.2, 0) is 0 Å². The smallest absolute Gasteiger partial charge is 0.352 e. The van der Waals surface area contributed by atoms with Crippen LogP contribution >= 0.6 is 0 Å². The van der Waals surface area contributed by atoms with Crippen molar-refractivity contribution in [3.05, 3.63) is 32.6 Å². The Labute approximate surface area is 115 Å². The summed E-state index contributed by atoms with van der Waals surface area (Å²) in [7, 11) is 0. The van der Waals surface area contributed by atoms with Gasteiger partial charge in [0.2, 0.25) is 17.8 Å². The zero-order valence-electron chi connectivity index (χ0n) is 10.3. The van der Waals surface area contributed by atoms with Crippen LogP contribution in [-0.4, -0.2) is 41.5 Å². The van der Waals surface area contributed by atoms with Crippen molar-refractivity contribution in [2.24, 2.45) is 0 Å². The van der Waals surface area contributed by atoms with E-state index >= 15 is 0 Å². The van der Waals surface area contributed by atoms with Gasteiger partial charge in [0.1, 0.15) is 5.69 Å². The maximum Gasteiger partial charge on any atom is 0.352 e. The van der Waals surface area contributed by atoms with Gasteiger partial charge in [0.15, 0.2) is 0 Å². The molecule has 2 aromatic heterocycles. The van der Waals surface area contributed by atoms with Crippen LogP contribution < -0.4 is 28.5 Å². The highest BCUT2D eigenvalue weighted by Gasteiger charge is 2.03. The van der Waals surface area contributed by atoms with E-state index in [0.717, 1.165) is 6.07 Å². The lowest BCUT2D eigenvalue weighted by Crippen LogP contribution is -2.24. The second kappa shape index (κ2) is 7.19. The third-order valence-corrected chi connectivity index (χ3v) is 1.68. The maximum absolute atomic E-state index is 10.5. The van der Waals surface area contributed by atoms with Crippen molar-refractivity contribution in [3.63, 3.8) is 0 Å². The van der Waals surface area contributed by atoms with Gasteiger partial charge >= 0.3 is 11.7 Å². The number of aromatic amines is 2. The number of carbonyl (C=O) groups is 1. The van der Waals surface area contributed by atoms with Crippen LogP contribution in [0.4, 0.5) is 17.8 Å². The summed E-state index contributed by atoms with van der Waals surface area (Å²) in [5.41, 5.74) is 13.4. The molecule has 13 nitrogen and oxygen atoms in total. The number of carboxylic acids is 1. The fourth-order valence-corrected chi connectivity index (χ4v) is 1.01. The number of nitrogens with one attached hydrogen (secondary N) is 2. The van der Waals surface area contributed by atoms with Crippen molar-refractivity contribution in [1.82, 2.24) is 24.9 Å². The summed E-state index contributed by atoms with van der Waals surface area (Å²) in [5, 5.41) is 8.31. The normalized spacial score (nSPS) is 8.95. The molecule has 0 atom stereocenters. The van der Waals surface area contributed by atoms with Crippen molar-refractivity contribution in [1.29, 1.82) is 0 Å². The summed E-state index contributed by atoms with van der Waals surface area (Å²) in [6.45, 7) is 0. The molecule has 0 amide bonds. The van der Waals surface area contributed by atoms with Gasteiger partial charge in [0, 0.05) is 6.07 Å². The lowest BCUT2D eigenvalue weighted by molar-refractivity contribution is 0.0689. The number of hydrogen-bond acceptors (Lipinski definition) is 9. The molecule has 0 fully saturated rings. The summed E-state index contributed by atoms with van der Waals surface area (Å²) in [4.78, 5) is 45.3. The van der Waals surface area contributed by atoms with E-state index < -0.39 is 22.9 Å². The molecule has 2 heterocycles. The van der Waals surface area contributed by atoms with Crippen molar-refractivity contribution >= 4 is 23.8 Å². The first-order chi connectivity index (χ1) is 9.27. The van der Waals surface area contributed by atoms with Gasteiger partial charge in [-0.2, -0.15) is 15.0 Å². The van der Waals surface area contributed by atoms with Crippen LogP contribution in [0.25, 0.3) is 0 Å². The Bertz CT molecular complexity index is 659. The van der Waals surface area contributed by atoms with Gasteiger partial charge in [-0.3, -0.25) is 9.78 Å². The molecule has 21 heavy (non-hydrogen) atoms. The summed E-state index contributed by atoms with van der Waals surface area (Å²) in [6.07, 6.45) is 0. The molecule has 13 heteroatoms. The van der Waals surface area contributed by atoms with E-state index in [1.807, 2.05) is 9.97 Å². The monoisotopic (exact) mass is 300 g/mol. The Morgan fingerprint density at radius 2 is 1.43 bits per heavy atom. The van der Waals surface area contributed by atoms with Gasteiger partial charge < -0.3 is 32.8 Å². The van der Waals surface area contributed by atoms with Crippen LogP contribution in [0.1, 0.15) is 10.5 Å². The molecular weight excluding hydrogens is 288 g/mol. The third-order valence-electron chi connectivity index (χ3n) is 1.68. The number of nitrogens with two attached hydrogens (primary N) is 3. The molecule has 0 aliphatic carbocycles. The number of nitrogen functional groups attached to an aromatic ring is 3. The van der Waals surface area contributed by atoms with Crippen LogP contribution in [0.15, 0.2) is 15.7 Å². The van der Waals surface area contributed by atoms with Crippen LogP contribution in [0, 0.1) is 0 Å². The van der Waals surface area contributed by atoms with Gasteiger partial charge in [-0.15, -0.1) is 0 Å². The first-order valence-corrected chi connectivity index (χ1v) is 4.87. The molecule has 11 N–H and O–H groups in total. The Kier molecular flexibility index (Phi) is 6.00. The van der Waals surface area contributed by atoms with Crippen molar-refractivity contribution in [3.8, 4) is 0 Å². The molecule has 0 unspecified atom stereocenters. The Hall–Kier alpha value is -3.48. The second-order valence-electron chi connectivity index (χ2n) is 3.22. The fraction of sp³-hybridized carbons (Fsp3) is 0. The molecule has 0 aromatic carbocycles. The number of aromatic carboxylic acids is 1. The summed E-state index contributed by atoms with van der Waals surface area (Å²) in [5.74, 6) is -1.21. The molecule has 114 valence electrons. The number of rotatable bonds is 1. The van der Waals surface area contributed by atoms with Crippen molar-refractivity contribution < 1.29 is 15.4 Å². The quantitative estimate of drug-likeness (QED) is 0.303. The number of carboxylic acid groups (broad SMARTS) is 1. The zero-order chi connectivity index (χ0) is 15.3. The second-order valence-corrected chi connectivity index (χ2v) is 3.22. The molecule has 0 aliphatic rings. The minimum atomic E-state index is -1.34. The van der Waals surface area contributed by atoms with E-state index in [1.54, 1.807) is 0 Å². The summed E-state index contributed by atoms with van der Waals surface area (Å²) >= 11 is 0. The third kappa shape index (κ3) is 5.79. The fourth-order valence-electron chi connectivity index (χ4n) is 1.01. The summed E-state index contributed by atoms with van der Waals surface area (Å²) in [6, 6.07) is 0.795. The molecule has 0 radical (unpaired) electrons. The topological polar surface area (TPSA) is 251 Å². The number of hydrogen-bond donors (Lipinski definition) is 6. The lowest BCUT2D eigenvalue weighted by atomic mass is 10.4. The highest BCUT2D eigenvalue weighted by atomic mass is 16.4. The highest BCUT2D eigenvalue weighted by molar-refractivity contribution is 5.84. The van der Waals surface area contributed by atoms with Crippen LogP contribution in [0.3, 0.4) is 0 Å². The largest absolute Gasteiger partial charge is 0.477 e. The standard InChI is InChI=1S/C5H4N2O4.C3H6N6.H2O/c8-3-1-2(4(9)10)6-5(11)7-3;4-1-7-2(5)9-3(6)8-1;/h1H,(H,9,10)(H2,6,7,8,11);(H6,4,5,6,7,8,9);1H2. The van der Waals surface area contributed by atoms with Crippen LogP contribution in [0.2, 0.25) is 0 Å². The molecule has 0 aliphatic heterocycles. The van der Waals surface area contributed by atoms with Crippen molar-refractivity contribution in [2.45, 2.75) is 0 Å². The number of aromatic nitrogens is 5.